The Hall–Kier alpha value is -4.34. The molecule has 0 unspecified atom stereocenters. The number of para-hydroxylation sites is 1. The summed E-state index contributed by atoms with van der Waals surface area (Å²) in [5.74, 6) is 4.00. The molecule has 2 aliphatic heterocycles. The van der Waals surface area contributed by atoms with Crippen molar-refractivity contribution in [3.63, 3.8) is 0 Å². The van der Waals surface area contributed by atoms with Gasteiger partial charge in [0.15, 0.2) is 11.5 Å². The number of methoxy groups -OCH3 is 3. The van der Waals surface area contributed by atoms with Crippen molar-refractivity contribution in [2.75, 3.05) is 50.8 Å². The SMILES string of the molecule is COc1cc2nc(N3CCc4c(ncnc4N4CCC(c5ccccc5OC)CC4)C3)[nH]c(=O)c2cc1OC. The van der Waals surface area contributed by atoms with Crippen LogP contribution < -0.4 is 29.6 Å². The van der Waals surface area contributed by atoms with E-state index in [4.69, 9.17) is 24.2 Å². The van der Waals surface area contributed by atoms with Gasteiger partial charge in [-0.2, -0.15) is 0 Å². The highest BCUT2D eigenvalue weighted by Crippen LogP contribution is 2.37. The van der Waals surface area contributed by atoms with Gasteiger partial charge in [-0.15, -0.1) is 0 Å². The van der Waals surface area contributed by atoms with Crippen molar-refractivity contribution in [1.82, 2.24) is 19.9 Å². The lowest BCUT2D eigenvalue weighted by Crippen LogP contribution is -2.38. The lowest BCUT2D eigenvalue weighted by Gasteiger charge is -2.36. The van der Waals surface area contributed by atoms with Crippen LogP contribution in [0.1, 0.15) is 35.6 Å². The van der Waals surface area contributed by atoms with Gasteiger partial charge >= 0.3 is 0 Å². The predicted molar refractivity (Wildman–Crippen MR) is 149 cm³/mol. The smallest absolute Gasteiger partial charge is 0.260 e. The van der Waals surface area contributed by atoms with Gasteiger partial charge in [-0.05, 0) is 42.9 Å². The molecule has 0 bridgehead atoms. The Kier molecular flexibility index (Phi) is 6.68. The number of hydrogen-bond donors (Lipinski definition) is 1. The Labute approximate surface area is 226 Å². The standard InChI is InChI=1S/C29H32N6O4/c1-37-24-7-5-4-6-19(24)18-8-11-34(12-9-18)27-20-10-13-35(16-23(20)30-17-31-27)29-32-22-15-26(39-3)25(38-2)14-21(22)28(36)33-29/h4-7,14-15,17-18H,8-13,16H2,1-3H3,(H,32,33,36). The zero-order valence-corrected chi connectivity index (χ0v) is 22.4. The zero-order valence-electron chi connectivity index (χ0n) is 22.4. The molecule has 0 aliphatic carbocycles. The molecule has 2 aliphatic rings. The number of ether oxygens (including phenoxy) is 3. The molecule has 4 aromatic rings. The summed E-state index contributed by atoms with van der Waals surface area (Å²) in [5, 5.41) is 0.454. The summed E-state index contributed by atoms with van der Waals surface area (Å²) in [7, 11) is 4.85. The minimum Gasteiger partial charge on any atom is -0.496 e. The second kappa shape index (κ2) is 10.4. The summed E-state index contributed by atoms with van der Waals surface area (Å²) in [4.78, 5) is 34.4. The molecule has 10 nitrogen and oxygen atoms in total. The summed E-state index contributed by atoms with van der Waals surface area (Å²) < 4.78 is 16.4. The van der Waals surface area contributed by atoms with Crippen LogP contribution in [0.4, 0.5) is 11.8 Å². The van der Waals surface area contributed by atoms with Gasteiger partial charge < -0.3 is 24.0 Å². The molecular weight excluding hydrogens is 496 g/mol. The van der Waals surface area contributed by atoms with Crippen LogP contribution in [0.15, 0.2) is 47.5 Å². The Balaban J connectivity index is 1.22. The molecule has 0 amide bonds. The third kappa shape index (κ3) is 4.60. The zero-order chi connectivity index (χ0) is 26.9. The van der Waals surface area contributed by atoms with Crippen LogP contribution in [0, 0.1) is 0 Å². The van der Waals surface area contributed by atoms with Gasteiger partial charge in [0.2, 0.25) is 5.95 Å². The first-order valence-electron chi connectivity index (χ1n) is 13.2. The maximum absolute atomic E-state index is 12.9. The van der Waals surface area contributed by atoms with Gasteiger partial charge in [0.1, 0.15) is 17.9 Å². The summed E-state index contributed by atoms with van der Waals surface area (Å²) in [6.07, 6.45) is 4.51. The van der Waals surface area contributed by atoms with Crippen LogP contribution in [0.5, 0.6) is 17.2 Å². The van der Waals surface area contributed by atoms with Crippen LogP contribution in [0.25, 0.3) is 10.9 Å². The highest BCUT2D eigenvalue weighted by atomic mass is 16.5. The van der Waals surface area contributed by atoms with Crippen LogP contribution in [0.2, 0.25) is 0 Å². The molecular formula is C29H32N6O4. The minimum atomic E-state index is -0.219. The number of rotatable bonds is 6. The van der Waals surface area contributed by atoms with E-state index in [9.17, 15) is 4.79 Å². The first-order chi connectivity index (χ1) is 19.1. The van der Waals surface area contributed by atoms with Gasteiger partial charge in [0.05, 0.1) is 44.5 Å². The minimum absolute atomic E-state index is 0.219. The molecule has 4 heterocycles. The van der Waals surface area contributed by atoms with Gasteiger partial charge in [-0.25, -0.2) is 15.0 Å². The lowest BCUT2D eigenvalue weighted by atomic mass is 9.88. The van der Waals surface area contributed by atoms with Crippen LogP contribution in [0.3, 0.4) is 0 Å². The Morgan fingerprint density at radius 3 is 2.41 bits per heavy atom. The average molecular weight is 529 g/mol. The molecule has 0 radical (unpaired) electrons. The molecule has 1 fully saturated rings. The summed E-state index contributed by atoms with van der Waals surface area (Å²) in [6.45, 7) is 3.11. The van der Waals surface area contributed by atoms with Crippen molar-refractivity contribution in [3.8, 4) is 17.2 Å². The number of fused-ring (bicyclic) bond motifs is 2. The fourth-order valence-electron chi connectivity index (χ4n) is 5.80. The molecule has 202 valence electrons. The largest absolute Gasteiger partial charge is 0.496 e. The Bertz CT molecular complexity index is 1560. The van der Waals surface area contributed by atoms with Crippen LogP contribution in [-0.4, -0.2) is 60.9 Å². The van der Waals surface area contributed by atoms with E-state index in [0.29, 0.717) is 47.4 Å². The van der Waals surface area contributed by atoms with Gasteiger partial charge in [-0.3, -0.25) is 9.78 Å². The van der Waals surface area contributed by atoms with E-state index >= 15 is 0 Å². The van der Waals surface area contributed by atoms with E-state index in [1.54, 1.807) is 39.8 Å². The monoisotopic (exact) mass is 528 g/mol. The molecule has 0 saturated carbocycles. The topological polar surface area (TPSA) is 106 Å². The number of piperidine rings is 1. The number of hydrogen-bond acceptors (Lipinski definition) is 9. The van der Waals surface area contributed by atoms with E-state index < -0.39 is 0 Å². The average Bonchev–Trinajstić information content (AvgIpc) is 2.99. The fourth-order valence-corrected chi connectivity index (χ4v) is 5.80. The van der Waals surface area contributed by atoms with Crippen molar-refractivity contribution in [2.24, 2.45) is 0 Å². The summed E-state index contributed by atoms with van der Waals surface area (Å²) >= 11 is 0. The number of aromatic nitrogens is 4. The van der Waals surface area contributed by atoms with Crippen LogP contribution >= 0.6 is 0 Å². The lowest BCUT2D eigenvalue weighted by molar-refractivity contribution is 0.355. The molecule has 0 spiro atoms. The Morgan fingerprint density at radius 1 is 0.897 bits per heavy atom. The highest BCUT2D eigenvalue weighted by molar-refractivity contribution is 5.82. The maximum Gasteiger partial charge on any atom is 0.260 e. The van der Waals surface area contributed by atoms with E-state index in [-0.39, 0.29) is 5.56 Å². The van der Waals surface area contributed by atoms with E-state index in [0.717, 1.165) is 49.6 Å². The molecule has 1 saturated heterocycles. The van der Waals surface area contributed by atoms with Gasteiger partial charge in [0.25, 0.3) is 5.56 Å². The summed E-state index contributed by atoms with van der Waals surface area (Å²) in [5.41, 5.74) is 3.77. The number of anilines is 2. The van der Waals surface area contributed by atoms with Crippen molar-refractivity contribution < 1.29 is 14.2 Å². The number of nitrogens with one attached hydrogen (secondary N) is 1. The normalized spacial score (nSPS) is 15.8. The molecule has 6 rings (SSSR count). The molecule has 10 heteroatoms. The number of aromatic amines is 1. The van der Waals surface area contributed by atoms with Gasteiger partial charge in [-0.1, -0.05) is 18.2 Å². The molecule has 1 N–H and O–H groups in total. The summed E-state index contributed by atoms with van der Waals surface area (Å²) in [6, 6.07) is 11.7. The molecule has 2 aromatic heterocycles. The number of benzene rings is 2. The number of nitrogens with zero attached hydrogens (tertiary/aromatic N) is 5. The first kappa shape index (κ1) is 25.0. The van der Waals surface area contributed by atoms with E-state index in [1.807, 2.05) is 12.1 Å². The second-order valence-corrected chi connectivity index (χ2v) is 9.91. The quantitative estimate of drug-likeness (QED) is 0.401. The van der Waals surface area contributed by atoms with Crippen LogP contribution in [-0.2, 0) is 13.0 Å². The molecule has 0 atom stereocenters. The van der Waals surface area contributed by atoms with E-state index in [2.05, 4.69) is 31.9 Å². The number of H-pyrrole nitrogens is 1. The van der Waals surface area contributed by atoms with Crippen molar-refractivity contribution in [3.05, 3.63) is 69.9 Å². The predicted octanol–water partition coefficient (Wildman–Crippen LogP) is 3.69. The third-order valence-electron chi connectivity index (χ3n) is 7.86. The highest BCUT2D eigenvalue weighted by Gasteiger charge is 2.29. The fraction of sp³-hybridized carbons (Fsp3) is 0.379. The van der Waals surface area contributed by atoms with E-state index in [1.165, 1.54) is 11.1 Å². The van der Waals surface area contributed by atoms with Crippen molar-refractivity contribution in [2.45, 2.75) is 31.7 Å². The Morgan fingerprint density at radius 2 is 1.64 bits per heavy atom. The molecule has 39 heavy (non-hydrogen) atoms. The second-order valence-electron chi connectivity index (χ2n) is 9.91. The van der Waals surface area contributed by atoms with Crippen molar-refractivity contribution in [1.29, 1.82) is 0 Å². The van der Waals surface area contributed by atoms with Crippen molar-refractivity contribution >= 4 is 22.7 Å². The first-order valence-corrected chi connectivity index (χ1v) is 13.2. The van der Waals surface area contributed by atoms with Gasteiger partial charge in [0, 0.05) is 31.3 Å². The maximum atomic E-state index is 12.9. The molecule has 2 aromatic carbocycles. The third-order valence-corrected chi connectivity index (χ3v) is 7.86.